The van der Waals surface area contributed by atoms with Gasteiger partial charge >= 0.3 is 0 Å². The Balaban J connectivity index is 2.38. The van der Waals surface area contributed by atoms with E-state index in [1.807, 2.05) is 30.3 Å². The predicted octanol–water partition coefficient (Wildman–Crippen LogP) is 2.39. The lowest BCUT2D eigenvalue weighted by atomic mass is 10.0. The van der Waals surface area contributed by atoms with Gasteiger partial charge in [-0.15, -0.1) is 0 Å². The number of nitrogens with one attached hydrogen (secondary N) is 2. The molecule has 2 rings (SSSR count). The third-order valence-corrected chi connectivity index (χ3v) is 3.17. The number of rotatable bonds is 4. The smallest absolute Gasteiger partial charge is 0.113 e. The molecule has 0 aliphatic heterocycles. The number of hydrogen-bond acceptors (Lipinski definition) is 3. The Hall–Kier alpha value is -2.14. The van der Waals surface area contributed by atoms with Crippen LogP contribution in [0.5, 0.6) is 0 Å². The molecule has 1 atom stereocenters. The monoisotopic (exact) mass is 273 g/mol. The second-order valence-corrected chi connectivity index (χ2v) is 5.21. The first-order valence-corrected chi connectivity index (χ1v) is 7.27. The van der Waals surface area contributed by atoms with Crippen LogP contribution in [0.25, 0.3) is 0 Å². The van der Waals surface area contributed by atoms with Gasteiger partial charge in [0.2, 0.25) is 0 Å². The largest absolute Gasteiger partial charge is 0.398 e. The summed E-state index contributed by atoms with van der Waals surface area (Å²) in [5.74, 6) is 0. The minimum atomic E-state index is -1.15. The molecule has 0 spiro atoms. The topological polar surface area (TPSA) is 79.0 Å². The van der Waals surface area contributed by atoms with Crippen LogP contribution < -0.4 is 10.5 Å². The van der Waals surface area contributed by atoms with Gasteiger partial charge < -0.3 is 10.5 Å². The molecule has 0 radical (unpaired) electrons. The molecule has 2 aromatic rings. The van der Waals surface area contributed by atoms with E-state index in [4.69, 9.17) is 11.1 Å². The van der Waals surface area contributed by atoms with Crippen LogP contribution in [0.3, 0.4) is 0 Å². The van der Waals surface area contributed by atoms with E-state index >= 15 is 0 Å². The van der Waals surface area contributed by atoms with Gasteiger partial charge in [0.15, 0.2) is 0 Å². The molecule has 19 heavy (non-hydrogen) atoms. The summed E-state index contributed by atoms with van der Waals surface area (Å²) in [6, 6.07) is 14.6. The molecule has 0 bridgehead atoms. The first-order chi connectivity index (χ1) is 9.08. The van der Waals surface area contributed by atoms with E-state index in [9.17, 15) is 4.21 Å². The standard InChI is InChI=1S/C14H15N3OS/c1-19(18)17-11-7-8-13(15)12(9-11)14(16)10-5-3-2-4-6-10/h2-9,16-17H,15H2,1H3. The van der Waals surface area contributed by atoms with Crippen molar-refractivity contribution in [2.24, 2.45) is 0 Å². The van der Waals surface area contributed by atoms with E-state index in [0.717, 1.165) is 5.56 Å². The van der Waals surface area contributed by atoms with E-state index in [-0.39, 0.29) is 0 Å². The quantitative estimate of drug-likeness (QED) is 0.590. The molecule has 0 amide bonds. The molecule has 0 saturated carbocycles. The van der Waals surface area contributed by atoms with Crippen LogP contribution in [0.2, 0.25) is 0 Å². The molecule has 2 aromatic carbocycles. The van der Waals surface area contributed by atoms with E-state index < -0.39 is 11.0 Å². The Labute approximate surface area is 114 Å². The molecule has 0 aliphatic carbocycles. The van der Waals surface area contributed by atoms with Crippen molar-refractivity contribution in [1.29, 1.82) is 5.41 Å². The Morgan fingerprint density at radius 1 is 1.21 bits per heavy atom. The first kappa shape index (κ1) is 13.3. The molecule has 0 heterocycles. The summed E-state index contributed by atoms with van der Waals surface area (Å²) in [6.07, 6.45) is 1.55. The van der Waals surface area contributed by atoms with Gasteiger partial charge in [0, 0.05) is 28.8 Å². The highest BCUT2D eigenvalue weighted by atomic mass is 32.2. The Kier molecular flexibility index (Phi) is 3.97. The van der Waals surface area contributed by atoms with Crippen LogP contribution in [-0.2, 0) is 11.0 Å². The van der Waals surface area contributed by atoms with Crippen molar-refractivity contribution in [2.75, 3.05) is 16.7 Å². The maximum absolute atomic E-state index is 11.2. The zero-order chi connectivity index (χ0) is 13.8. The fraction of sp³-hybridized carbons (Fsp3) is 0.0714. The average Bonchev–Trinajstić information content (AvgIpc) is 2.40. The number of benzene rings is 2. The van der Waals surface area contributed by atoms with Gasteiger partial charge in [-0.2, -0.15) is 0 Å². The van der Waals surface area contributed by atoms with Crippen LogP contribution in [0.4, 0.5) is 11.4 Å². The van der Waals surface area contributed by atoms with E-state index in [1.165, 1.54) is 0 Å². The molecule has 0 aliphatic rings. The molecular formula is C14H15N3OS. The zero-order valence-electron chi connectivity index (χ0n) is 10.5. The summed E-state index contributed by atoms with van der Waals surface area (Å²) in [4.78, 5) is 0. The molecule has 0 saturated heterocycles. The summed E-state index contributed by atoms with van der Waals surface area (Å²) >= 11 is 0. The lowest BCUT2D eigenvalue weighted by molar-refractivity contribution is 0.690. The van der Waals surface area contributed by atoms with Gasteiger partial charge in [-0.1, -0.05) is 30.3 Å². The van der Waals surface area contributed by atoms with Crippen LogP contribution in [0.1, 0.15) is 11.1 Å². The summed E-state index contributed by atoms with van der Waals surface area (Å²) < 4.78 is 14.0. The SMILES string of the molecule is CS(=O)Nc1ccc(N)c(C(=N)c2ccccc2)c1. The van der Waals surface area contributed by atoms with Gasteiger partial charge in [0.1, 0.15) is 11.0 Å². The van der Waals surface area contributed by atoms with E-state index in [1.54, 1.807) is 24.5 Å². The van der Waals surface area contributed by atoms with Crippen LogP contribution >= 0.6 is 0 Å². The molecule has 5 heteroatoms. The van der Waals surface area contributed by atoms with Crippen molar-refractivity contribution in [1.82, 2.24) is 0 Å². The summed E-state index contributed by atoms with van der Waals surface area (Å²) in [5, 5.41) is 8.21. The Morgan fingerprint density at radius 2 is 1.89 bits per heavy atom. The van der Waals surface area contributed by atoms with Crippen molar-refractivity contribution in [3.8, 4) is 0 Å². The van der Waals surface area contributed by atoms with E-state index in [2.05, 4.69) is 4.72 Å². The zero-order valence-corrected chi connectivity index (χ0v) is 11.3. The number of anilines is 2. The van der Waals surface area contributed by atoms with Crippen molar-refractivity contribution >= 4 is 28.1 Å². The highest BCUT2D eigenvalue weighted by Crippen LogP contribution is 2.21. The highest BCUT2D eigenvalue weighted by molar-refractivity contribution is 7.85. The highest BCUT2D eigenvalue weighted by Gasteiger charge is 2.09. The first-order valence-electron chi connectivity index (χ1n) is 5.72. The number of nitrogen functional groups attached to an aromatic ring is 1. The number of nitrogens with two attached hydrogens (primary N) is 1. The van der Waals surface area contributed by atoms with Gasteiger partial charge in [0.25, 0.3) is 0 Å². The van der Waals surface area contributed by atoms with Gasteiger partial charge in [-0.3, -0.25) is 5.41 Å². The lowest BCUT2D eigenvalue weighted by Gasteiger charge is -2.10. The fourth-order valence-electron chi connectivity index (χ4n) is 1.76. The molecule has 98 valence electrons. The summed E-state index contributed by atoms with van der Waals surface area (Å²) in [5.41, 5.74) is 8.90. The van der Waals surface area contributed by atoms with Gasteiger partial charge in [-0.25, -0.2) is 4.21 Å². The second kappa shape index (κ2) is 5.67. The molecule has 0 aromatic heterocycles. The molecule has 4 N–H and O–H groups in total. The fourth-order valence-corrected chi connectivity index (χ4v) is 2.22. The van der Waals surface area contributed by atoms with Crippen molar-refractivity contribution in [2.45, 2.75) is 0 Å². The minimum Gasteiger partial charge on any atom is -0.398 e. The Bertz CT molecular complexity index is 626. The molecule has 0 fully saturated rings. The third-order valence-electron chi connectivity index (χ3n) is 2.65. The molecular weight excluding hydrogens is 258 g/mol. The van der Waals surface area contributed by atoms with Crippen LogP contribution in [0, 0.1) is 5.41 Å². The normalized spacial score (nSPS) is 11.8. The second-order valence-electron chi connectivity index (χ2n) is 4.10. The maximum atomic E-state index is 11.2. The van der Waals surface area contributed by atoms with Crippen molar-refractivity contribution in [3.63, 3.8) is 0 Å². The van der Waals surface area contributed by atoms with Gasteiger partial charge in [0.05, 0.1) is 5.71 Å². The maximum Gasteiger partial charge on any atom is 0.113 e. The molecule has 4 nitrogen and oxygen atoms in total. The summed E-state index contributed by atoms with van der Waals surface area (Å²) in [7, 11) is -1.15. The minimum absolute atomic E-state index is 0.351. The van der Waals surface area contributed by atoms with E-state index in [0.29, 0.717) is 22.6 Å². The number of hydrogen-bond donors (Lipinski definition) is 3. The third kappa shape index (κ3) is 3.20. The van der Waals surface area contributed by atoms with Crippen molar-refractivity contribution < 1.29 is 4.21 Å². The van der Waals surface area contributed by atoms with Crippen molar-refractivity contribution in [3.05, 3.63) is 59.7 Å². The van der Waals surface area contributed by atoms with Gasteiger partial charge in [-0.05, 0) is 18.2 Å². The summed E-state index contributed by atoms with van der Waals surface area (Å²) in [6.45, 7) is 0. The lowest BCUT2D eigenvalue weighted by Crippen LogP contribution is -2.08. The Morgan fingerprint density at radius 3 is 2.53 bits per heavy atom. The van der Waals surface area contributed by atoms with Crippen LogP contribution in [0.15, 0.2) is 48.5 Å². The van der Waals surface area contributed by atoms with Crippen LogP contribution in [-0.4, -0.2) is 16.2 Å². The average molecular weight is 273 g/mol. The predicted molar refractivity (Wildman–Crippen MR) is 80.9 cm³/mol. The molecule has 1 unspecified atom stereocenters.